The molecule has 0 fully saturated rings. The summed E-state index contributed by atoms with van der Waals surface area (Å²) in [5.74, 6) is 0.353. The number of hydrogen-bond acceptors (Lipinski definition) is 3. The monoisotopic (exact) mass is 304 g/mol. The molecule has 110 valence electrons. The van der Waals surface area contributed by atoms with Gasteiger partial charge in [-0.1, -0.05) is 23.7 Å². The molecule has 0 aliphatic rings. The lowest BCUT2D eigenvalue weighted by Crippen LogP contribution is -2.26. The number of halogens is 1. The van der Waals surface area contributed by atoms with Gasteiger partial charge in [-0.15, -0.1) is 0 Å². The van der Waals surface area contributed by atoms with Crippen molar-refractivity contribution in [2.75, 3.05) is 19.9 Å². The van der Waals surface area contributed by atoms with Crippen LogP contribution < -0.4 is 10.5 Å². The van der Waals surface area contributed by atoms with Crippen LogP contribution in [0.2, 0.25) is 5.02 Å². The van der Waals surface area contributed by atoms with Gasteiger partial charge < -0.3 is 15.4 Å². The number of anilines is 1. The van der Waals surface area contributed by atoms with Gasteiger partial charge in [0.1, 0.15) is 5.75 Å². The van der Waals surface area contributed by atoms with Gasteiger partial charge in [0.2, 0.25) is 0 Å². The summed E-state index contributed by atoms with van der Waals surface area (Å²) in [7, 11) is 3.26. The summed E-state index contributed by atoms with van der Waals surface area (Å²) in [5, 5.41) is 0.648. The molecule has 2 aromatic rings. The molecule has 0 atom stereocenters. The first-order valence-corrected chi connectivity index (χ1v) is 6.82. The molecule has 0 spiro atoms. The zero-order chi connectivity index (χ0) is 15.4. The van der Waals surface area contributed by atoms with Gasteiger partial charge in [0, 0.05) is 24.3 Å². The summed E-state index contributed by atoms with van der Waals surface area (Å²) < 4.78 is 5.22. The van der Waals surface area contributed by atoms with E-state index >= 15 is 0 Å². The Morgan fingerprint density at radius 2 is 2.05 bits per heavy atom. The summed E-state index contributed by atoms with van der Waals surface area (Å²) in [6.07, 6.45) is 0. The number of nitrogens with two attached hydrogens (primary N) is 1. The van der Waals surface area contributed by atoms with E-state index in [1.807, 2.05) is 18.2 Å². The van der Waals surface area contributed by atoms with Crippen molar-refractivity contribution < 1.29 is 9.53 Å². The zero-order valence-corrected chi connectivity index (χ0v) is 12.7. The van der Waals surface area contributed by atoms with Crippen LogP contribution in [0.3, 0.4) is 0 Å². The second-order valence-corrected chi connectivity index (χ2v) is 5.19. The first-order chi connectivity index (χ1) is 10.0. The van der Waals surface area contributed by atoms with Crippen LogP contribution in [0.4, 0.5) is 5.69 Å². The summed E-state index contributed by atoms with van der Waals surface area (Å²) in [6, 6.07) is 12.4. The molecule has 2 rings (SSSR count). The molecule has 0 bridgehead atoms. The molecule has 2 aromatic carbocycles. The fourth-order valence-electron chi connectivity index (χ4n) is 2.08. The number of rotatable bonds is 4. The predicted octanol–water partition coefficient (Wildman–Crippen LogP) is 3.20. The van der Waals surface area contributed by atoms with Crippen LogP contribution in [-0.2, 0) is 6.54 Å². The van der Waals surface area contributed by atoms with E-state index in [0.717, 1.165) is 5.56 Å². The van der Waals surface area contributed by atoms with Crippen molar-refractivity contribution in [3.8, 4) is 5.75 Å². The number of nitrogens with zero attached hydrogens (tertiary/aromatic N) is 1. The summed E-state index contributed by atoms with van der Waals surface area (Å²) in [4.78, 5) is 14.1. The van der Waals surface area contributed by atoms with Gasteiger partial charge in [0.15, 0.2) is 0 Å². The average molecular weight is 305 g/mol. The lowest BCUT2D eigenvalue weighted by molar-refractivity contribution is 0.0782. The molecule has 5 heteroatoms. The molecular weight excluding hydrogens is 288 g/mol. The van der Waals surface area contributed by atoms with Gasteiger partial charge in [0.25, 0.3) is 5.91 Å². The number of nitrogen functional groups attached to an aromatic ring is 1. The van der Waals surface area contributed by atoms with Gasteiger partial charge in [-0.3, -0.25) is 4.79 Å². The molecule has 0 saturated carbocycles. The molecule has 0 heterocycles. The Balaban J connectivity index is 2.21. The highest BCUT2D eigenvalue weighted by Gasteiger charge is 2.17. The van der Waals surface area contributed by atoms with E-state index in [2.05, 4.69) is 0 Å². The molecule has 0 unspecified atom stereocenters. The third-order valence-corrected chi connectivity index (χ3v) is 3.34. The first kappa shape index (κ1) is 15.2. The molecule has 2 N–H and O–H groups in total. The number of hydrogen-bond donors (Lipinski definition) is 1. The van der Waals surface area contributed by atoms with E-state index < -0.39 is 0 Å². The minimum absolute atomic E-state index is 0.154. The molecule has 21 heavy (non-hydrogen) atoms. The maximum Gasteiger partial charge on any atom is 0.257 e. The maximum atomic E-state index is 12.5. The normalized spacial score (nSPS) is 10.2. The highest BCUT2D eigenvalue weighted by Crippen LogP contribution is 2.23. The second kappa shape index (κ2) is 6.50. The molecule has 0 aliphatic heterocycles. The molecule has 0 radical (unpaired) electrons. The summed E-state index contributed by atoms with van der Waals surface area (Å²) >= 11 is 5.95. The topological polar surface area (TPSA) is 55.6 Å². The third-order valence-electron chi connectivity index (χ3n) is 3.11. The fraction of sp³-hybridized carbons (Fsp3) is 0.188. The van der Waals surface area contributed by atoms with E-state index in [-0.39, 0.29) is 5.91 Å². The van der Waals surface area contributed by atoms with Gasteiger partial charge in [-0.25, -0.2) is 0 Å². The van der Waals surface area contributed by atoms with E-state index in [4.69, 9.17) is 22.1 Å². The van der Waals surface area contributed by atoms with Crippen LogP contribution in [0.15, 0.2) is 42.5 Å². The van der Waals surface area contributed by atoms with Crippen LogP contribution in [0.25, 0.3) is 0 Å². The number of benzene rings is 2. The fourth-order valence-corrected chi connectivity index (χ4v) is 2.29. The Morgan fingerprint density at radius 1 is 1.29 bits per heavy atom. The van der Waals surface area contributed by atoms with Gasteiger partial charge in [-0.2, -0.15) is 0 Å². The Bertz CT molecular complexity index is 658. The SMILES string of the molecule is COc1ccc(N)cc1C(=O)N(C)Cc1cccc(Cl)c1. The molecule has 0 saturated heterocycles. The van der Waals surface area contributed by atoms with Crippen molar-refractivity contribution in [1.29, 1.82) is 0 Å². The standard InChI is InChI=1S/C16H17ClN2O2/c1-19(10-11-4-3-5-12(17)8-11)16(20)14-9-13(18)6-7-15(14)21-2/h3-9H,10,18H2,1-2H3. The van der Waals surface area contributed by atoms with Gasteiger partial charge in [0.05, 0.1) is 12.7 Å². The Morgan fingerprint density at radius 3 is 2.71 bits per heavy atom. The largest absolute Gasteiger partial charge is 0.496 e. The molecule has 1 amide bonds. The zero-order valence-electron chi connectivity index (χ0n) is 12.0. The Kier molecular flexibility index (Phi) is 4.70. The number of amides is 1. The predicted molar refractivity (Wildman–Crippen MR) is 84.7 cm³/mol. The quantitative estimate of drug-likeness (QED) is 0.883. The van der Waals surface area contributed by atoms with Gasteiger partial charge >= 0.3 is 0 Å². The van der Waals surface area contributed by atoms with Crippen LogP contribution in [0.5, 0.6) is 5.75 Å². The van der Waals surface area contributed by atoms with Crippen molar-refractivity contribution in [3.63, 3.8) is 0 Å². The van der Waals surface area contributed by atoms with Crippen molar-refractivity contribution in [1.82, 2.24) is 4.90 Å². The minimum Gasteiger partial charge on any atom is -0.496 e. The molecule has 0 aromatic heterocycles. The van der Waals surface area contributed by atoms with Crippen LogP contribution >= 0.6 is 11.6 Å². The Labute approximate surface area is 129 Å². The minimum atomic E-state index is -0.154. The number of methoxy groups -OCH3 is 1. The lowest BCUT2D eigenvalue weighted by Gasteiger charge is -2.19. The van der Waals surface area contributed by atoms with Crippen LogP contribution in [0.1, 0.15) is 15.9 Å². The molecule has 4 nitrogen and oxygen atoms in total. The number of carbonyl (C=O) groups excluding carboxylic acids is 1. The molecule has 0 aliphatic carbocycles. The molecular formula is C16H17ClN2O2. The Hall–Kier alpha value is -2.20. The maximum absolute atomic E-state index is 12.5. The van der Waals surface area contributed by atoms with Crippen molar-refractivity contribution >= 4 is 23.2 Å². The van der Waals surface area contributed by atoms with E-state index in [1.165, 1.54) is 7.11 Å². The van der Waals surface area contributed by atoms with Crippen molar-refractivity contribution in [2.24, 2.45) is 0 Å². The first-order valence-electron chi connectivity index (χ1n) is 6.44. The second-order valence-electron chi connectivity index (χ2n) is 4.75. The van der Waals surface area contributed by atoms with Crippen LogP contribution in [0, 0.1) is 0 Å². The van der Waals surface area contributed by atoms with E-state index in [9.17, 15) is 4.79 Å². The van der Waals surface area contributed by atoms with E-state index in [1.54, 1.807) is 36.2 Å². The summed E-state index contributed by atoms with van der Waals surface area (Å²) in [6.45, 7) is 0.456. The van der Waals surface area contributed by atoms with Crippen LogP contribution in [-0.4, -0.2) is 25.0 Å². The van der Waals surface area contributed by atoms with Crippen molar-refractivity contribution in [2.45, 2.75) is 6.54 Å². The highest BCUT2D eigenvalue weighted by atomic mass is 35.5. The van der Waals surface area contributed by atoms with E-state index in [0.29, 0.717) is 28.6 Å². The average Bonchev–Trinajstić information content (AvgIpc) is 2.46. The third kappa shape index (κ3) is 3.67. The lowest BCUT2D eigenvalue weighted by atomic mass is 10.1. The highest BCUT2D eigenvalue weighted by molar-refractivity contribution is 6.30. The van der Waals surface area contributed by atoms with Gasteiger partial charge in [-0.05, 0) is 35.9 Å². The van der Waals surface area contributed by atoms with Crippen molar-refractivity contribution in [3.05, 3.63) is 58.6 Å². The smallest absolute Gasteiger partial charge is 0.257 e. The summed E-state index contributed by atoms with van der Waals surface area (Å²) in [5.41, 5.74) is 7.68. The number of ether oxygens (including phenoxy) is 1. The number of carbonyl (C=O) groups is 1.